The normalized spacial score (nSPS) is 18.8. The van der Waals surface area contributed by atoms with E-state index < -0.39 is 6.04 Å². The first-order chi connectivity index (χ1) is 12.0. The van der Waals surface area contributed by atoms with Gasteiger partial charge in [-0.25, -0.2) is 0 Å². The summed E-state index contributed by atoms with van der Waals surface area (Å²) in [6.07, 6.45) is 0.297. The Bertz CT molecular complexity index is 739. The highest BCUT2D eigenvalue weighted by Gasteiger charge is 2.28. The van der Waals surface area contributed by atoms with Crippen molar-refractivity contribution in [1.82, 2.24) is 4.90 Å². The Balaban J connectivity index is 1.65. The summed E-state index contributed by atoms with van der Waals surface area (Å²) in [5, 5.41) is 0.978. The minimum Gasteiger partial charge on any atom is -0.370 e. The largest absolute Gasteiger partial charge is 0.370 e. The fraction of sp³-hybridized carbons (Fsp3) is 0.316. The van der Waals surface area contributed by atoms with Crippen LogP contribution in [0.2, 0.25) is 10.0 Å². The zero-order valence-corrected chi connectivity index (χ0v) is 15.2. The van der Waals surface area contributed by atoms with Crippen LogP contribution in [0.3, 0.4) is 0 Å². The summed E-state index contributed by atoms with van der Waals surface area (Å²) in [6, 6.07) is 14.6. The summed E-state index contributed by atoms with van der Waals surface area (Å²) in [5.74, 6) is -0.0581. The molecule has 0 bridgehead atoms. The third kappa shape index (κ3) is 4.53. The summed E-state index contributed by atoms with van der Waals surface area (Å²) in [6.45, 7) is 1.47. The van der Waals surface area contributed by atoms with E-state index in [0.29, 0.717) is 36.2 Å². The second kappa shape index (κ2) is 8.19. The lowest BCUT2D eigenvalue weighted by Crippen LogP contribution is -2.50. The van der Waals surface area contributed by atoms with Gasteiger partial charge in [-0.3, -0.25) is 4.79 Å². The highest BCUT2D eigenvalue weighted by atomic mass is 35.5. The number of amides is 1. The second-order valence-electron chi connectivity index (χ2n) is 6.11. The van der Waals surface area contributed by atoms with E-state index in [0.717, 1.165) is 11.1 Å². The average molecular weight is 379 g/mol. The van der Waals surface area contributed by atoms with Gasteiger partial charge >= 0.3 is 0 Å². The number of ether oxygens (including phenoxy) is 1. The Morgan fingerprint density at radius 3 is 2.68 bits per heavy atom. The van der Waals surface area contributed by atoms with E-state index in [1.165, 1.54) is 0 Å². The van der Waals surface area contributed by atoms with E-state index in [2.05, 4.69) is 0 Å². The number of carbonyl (C=O) groups excluding carboxylic acids is 1. The molecule has 1 aliphatic heterocycles. The molecule has 0 radical (unpaired) electrons. The Kier molecular flexibility index (Phi) is 5.97. The Morgan fingerprint density at radius 2 is 1.96 bits per heavy atom. The van der Waals surface area contributed by atoms with E-state index in [9.17, 15) is 4.79 Å². The van der Waals surface area contributed by atoms with E-state index in [4.69, 9.17) is 33.7 Å². The van der Waals surface area contributed by atoms with Crippen LogP contribution < -0.4 is 5.73 Å². The Labute approximate surface area is 157 Å². The summed E-state index contributed by atoms with van der Waals surface area (Å²) >= 11 is 12.0. The van der Waals surface area contributed by atoms with Gasteiger partial charge in [0.05, 0.1) is 29.2 Å². The standard InChI is InChI=1S/C19H20Cl2N2O2/c20-15-7-6-14(11-16(15)21)18-12-23(8-9-25-18)19(24)17(22)10-13-4-2-1-3-5-13/h1-7,11,17-18H,8-10,12,22H2/t17-,18?/m0/s1. The predicted octanol–water partition coefficient (Wildman–Crippen LogP) is 3.46. The van der Waals surface area contributed by atoms with Gasteiger partial charge < -0.3 is 15.4 Å². The number of benzene rings is 2. The number of rotatable bonds is 4. The first-order valence-corrected chi connectivity index (χ1v) is 8.95. The number of nitrogens with zero attached hydrogens (tertiary/aromatic N) is 1. The lowest BCUT2D eigenvalue weighted by atomic mass is 10.0. The van der Waals surface area contributed by atoms with Crippen molar-refractivity contribution in [1.29, 1.82) is 0 Å². The third-order valence-electron chi connectivity index (χ3n) is 4.31. The minimum atomic E-state index is -0.560. The van der Waals surface area contributed by atoms with Crippen LogP contribution in [0.4, 0.5) is 0 Å². The van der Waals surface area contributed by atoms with Crippen molar-refractivity contribution in [2.24, 2.45) is 5.73 Å². The van der Waals surface area contributed by atoms with Crippen molar-refractivity contribution in [2.45, 2.75) is 18.6 Å². The molecule has 6 heteroatoms. The second-order valence-corrected chi connectivity index (χ2v) is 6.93. The van der Waals surface area contributed by atoms with Crippen LogP contribution in [0.15, 0.2) is 48.5 Å². The van der Waals surface area contributed by atoms with Crippen LogP contribution in [0.1, 0.15) is 17.2 Å². The van der Waals surface area contributed by atoms with Gasteiger partial charge in [0.25, 0.3) is 0 Å². The van der Waals surface area contributed by atoms with E-state index >= 15 is 0 Å². The smallest absolute Gasteiger partial charge is 0.240 e. The molecule has 0 aliphatic carbocycles. The maximum Gasteiger partial charge on any atom is 0.240 e. The zero-order valence-electron chi connectivity index (χ0n) is 13.7. The molecule has 0 aromatic heterocycles. The number of hydrogen-bond donors (Lipinski definition) is 1. The predicted molar refractivity (Wildman–Crippen MR) is 99.9 cm³/mol. The molecule has 0 spiro atoms. The molecule has 25 heavy (non-hydrogen) atoms. The zero-order chi connectivity index (χ0) is 17.8. The molecule has 2 N–H and O–H groups in total. The van der Waals surface area contributed by atoms with Crippen molar-refractivity contribution in [3.05, 3.63) is 69.7 Å². The molecule has 2 aromatic carbocycles. The fourth-order valence-corrected chi connectivity index (χ4v) is 3.26. The van der Waals surface area contributed by atoms with Gasteiger partial charge in [0.1, 0.15) is 6.10 Å². The van der Waals surface area contributed by atoms with Gasteiger partial charge in [-0.05, 0) is 29.7 Å². The van der Waals surface area contributed by atoms with Crippen LogP contribution >= 0.6 is 23.2 Å². The minimum absolute atomic E-state index is 0.0581. The lowest BCUT2D eigenvalue weighted by Gasteiger charge is -2.34. The van der Waals surface area contributed by atoms with E-state index in [1.807, 2.05) is 36.4 Å². The number of nitrogens with two attached hydrogens (primary N) is 1. The molecular formula is C19H20Cl2N2O2. The molecule has 1 saturated heterocycles. The number of carbonyl (C=O) groups is 1. The molecule has 2 atom stereocenters. The molecule has 4 nitrogen and oxygen atoms in total. The number of hydrogen-bond acceptors (Lipinski definition) is 3. The molecule has 1 aliphatic rings. The highest BCUT2D eigenvalue weighted by Crippen LogP contribution is 2.29. The average Bonchev–Trinajstić information content (AvgIpc) is 2.64. The molecule has 2 aromatic rings. The summed E-state index contributed by atoms with van der Waals surface area (Å²) in [7, 11) is 0. The van der Waals surface area contributed by atoms with Gasteiger partial charge in [-0.1, -0.05) is 59.6 Å². The van der Waals surface area contributed by atoms with Crippen LogP contribution in [0, 0.1) is 0 Å². The van der Waals surface area contributed by atoms with E-state index in [-0.39, 0.29) is 12.0 Å². The number of halogens is 2. The molecular weight excluding hydrogens is 359 g/mol. The topological polar surface area (TPSA) is 55.6 Å². The molecule has 1 heterocycles. The number of morpholine rings is 1. The summed E-state index contributed by atoms with van der Waals surface area (Å²) < 4.78 is 5.80. The fourth-order valence-electron chi connectivity index (χ4n) is 2.95. The quantitative estimate of drug-likeness (QED) is 0.885. The van der Waals surface area contributed by atoms with Gasteiger partial charge in [0.2, 0.25) is 5.91 Å². The Morgan fingerprint density at radius 1 is 1.20 bits per heavy atom. The van der Waals surface area contributed by atoms with Crippen LogP contribution in [0.5, 0.6) is 0 Å². The van der Waals surface area contributed by atoms with Crippen LogP contribution in [0.25, 0.3) is 0 Å². The summed E-state index contributed by atoms with van der Waals surface area (Å²) in [5.41, 5.74) is 8.10. The summed E-state index contributed by atoms with van der Waals surface area (Å²) in [4.78, 5) is 14.5. The Hall–Kier alpha value is -1.59. The molecule has 1 unspecified atom stereocenters. The SMILES string of the molecule is N[C@@H](Cc1ccccc1)C(=O)N1CCOC(c2ccc(Cl)c(Cl)c2)C1. The van der Waals surface area contributed by atoms with Gasteiger partial charge in [-0.2, -0.15) is 0 Å². The van der Waals surface area contributed by atoms with Gasteiger partial charge in [0, 0.05) is 6.54 Å². The maximum atomic E-state index is 12.7. The third-order valence-corrected chi connectivity index (χ3v) is 5.05. The van der Waals surface area contributed by atoms with Crippen molar-refractivity contribution in [3.63, 3.8) is 0 Å². The monoisotopic (exact) mass is 378 g/mol. The van der Waals surface area contributed by atoms with Gasteiger partial charge in [-0.15, -0.1) is 0 Å². The van der Waals surface area contributed by atoms with Crippen molar-refractivity contribution in [3.8, 4) is 0 Å². The molecule has 3 rings (SSSR count). The molecule has 132 valence electrons. The maximum absolute atomic E-state index is 12.7. The van der Waals surface area contributed by atoms with Crippen LogP contribution in [-0.4, -0.2) is 36.5 Å². The molecule has 0 saturated carbocycles. The molecule has 1 amide bonds. The van der Waals surface area contributed by atoms with Crippen LogP contribution in [-0.2, 0) is 16.0 Å². The first kappa shape index (κ1) is 18.2. The van der Waals surface area contributed by atoms with Crippen molar-refractivity contribution in [2.75, 3.05) is 19.7 Å². The van der Waals surface area contributed by atoms with Crippen molar-refractivity contribution >= 4 is 29.1 Å². The lowest BCUT2D eigenvalue weighted by molar-refractivity contribution is -0.140. The van der Waals surface area contributed by atoms with E-state index in [1.54, 1.807) is 17.0 Å². The highest BCUT2D eigenvalue weighted by molar-refractivity contribution is 6.42. The van der Waals surface area contributed by atoms with Gasteiger partial charge in [0.15, 0.2) is 0 Å². The molecule has 1 fully saturated rings. The first-order valence-electron chi connectivity index (χ1n) is 8.19. The van der Waals surface area contributed by atoms with Crippen molar-refractivity contribution < 1.29 is 9.53 Å².